The van der Waals surface area contributed by atoms with Crippen molar-refractivity contribution in [2.24, 2.45) is 0 Å². The molecule has 0 bridgehead atoms. The zero-order chi connectivity index (χ0) is 11.5. The van der Waals surface area contributed by atoms with Gasteiger partial charge in [-0.2, -0.15) is 0 Å². The van der Waals surface area contributed by atoms with E-state index in [0.717, 1.165) is 22.6 Å². The molecule has 16 heavy (non-hydrogen) atoms. The second-order valence-electron chi connectivity index (χ2n) is 3.41. The van der Waals surface area contributed by atoms with Crippen molar-refractivity contribution in [3.05, 3.63) is 41.3 Å². The van der Waals surface area contributed by atoms with Gasteiger partial charge >= 0.3 is 0 Å². The zero-order valence-corrected chi connectivity index (χ0v) is 9.82. The van der Waals surface area contributed by atoms with Crippen LogP contribution >= 0.6 is 11.6 Å². The van der Waals surface area contributed by atoms with E-state index in [2.05, 4.69) is 9.97 Å². The zero-order valence-electron chi connectivity index (χ0n) is 9.07. The lowest BCUT2D eigenvalue weighted by Crippen LogP contribution is -1.90. The maximum absolute atomic E-state index is 5.68. The molecule has 1 heterocycles. The molecule has 0 spiro atoms. The van der Waals surface area contributed by atoms with Crippen LogP contribution in [0.5, 0.6) is 5.75 Å². The van der Waals surface area contributed by atoms with Crippen molar-refractivity contribution >= 4 is 11.6 Å². The predicted molar refractivity (Wildman–Crippen MR) is 63.8 cm³/mol. The molecular weight excluding hydrogens is 224 g/mol. The van der Waals surface area contributed by atoms with Gasteiger partial charge in [-0.25, -0.2) is 4.98 Å². The van der Waals surface area contributed by atoms with Gasteiger partial charge in [0.2, 0.25) is 0 Å². The Morgan fingerprint density at radius 3 is 2.56 bits per heavy atom. The average molecular weight is 235 g/mol. The van der Waals surface area contributed by atoms with E-state index in [-0.39, 0.29) is 0 Å². The molecule has 0 fully saturated rings. The van der Waals surface area contributed by atoms with E-state index in [1.54, 1.807) is 13.3 Å². The lowest BCUT2D eigenvalue weighted by Gasteiger charge is -2.06. The average Bonchev–Trinajstić information content (AvgIpc) is 2.30. The highest BCUT2D eigenvalue weighted by molar-refractivity contribution is 6.29. The number of nitrogens with zero attached hydrogens (tertiary/aromatic N) is 2. The molecule has 4 heteroatoms. The normalized spacial score (nSPS) is 10.2. The Labute approximate surface area is 99.1 Å². The van der Waals surface area contributed by atoms with Crippen LogP contribution in [0.15, 0.2) is 30.6 Å². The molecule has 3 nitrogen and oxygen atoms in total. The van der Waals surface area contributed by atoms with E-state index < -0.39 is 0 Å². The summed E-state index contributed by atoms with van der Waals surface area (Å²) >= 11 is 5.68. The van der Waals surface area contributed by atoms with Crippen LogP contribution < -0.4 is 4.74 Å². The monoisotopic (exact) mass is 234 g/mol. The number of benzene rings is 1. The fraction of sp³-hybridized carbons (Fsp3) is 0.167. The summed E-state index contributed by atoms with van der Waals surface area (Å²) in [6.45, 7) is 1.99. The van der Waals surface area contributed by atoms with Gasteiger partial charge < -0.3 is 4.74 Å². The van der Waals surface area contributed by atoms with Crippen LogP contribution in [0, 0.1) is 6.92 Å². The van der Waals surface area contributed by atoms with Crippen molar-refractivity contribution in [1.29, 1.82) is 0 Å². The molecule has 0 saturated carbocycles. The molecule has 0 N–H and O–H groups in total. The van der Waals surface area contributed by atoms with Crippen LogP contribution in [0.25, 0.3) is 11.3 Å². The van der Waals surface area contributed by atoms with Crippen molar-refractivity contribution in [2.45, 2.75) is 6.92 Å². The third kappa shape index (κ3) is 2.14. The highest BCUT2D eigenvalue weighted by atomic mass is 35.5. The molecule has 0 saturated heterocycles. The predicted octanol–water partition coefficient (Wildman–Crippen LogP) is 3.11. The summed E-state index contributed by atoms with van der Waals surface area (Å²) in [5.74, 6) is 0.866. The molecule has 0 radical (unpaired) electrons. The molecule has 0 aliphatic heterocycles. The molecule has 82 valence electrons. The van der Waals surface area contributed by atoms with E-state index in [0.29, 0.717) is 5.15 Å². The maximum Gasteiger partial charge on any atom is 0.147 e. The van der Waals surface area contributed by atoms with E-state index in [9.17, 15) is 0 Å². The van der Waals surface area contributed by atoms with E-state index in [1.807, 2.05) is 25.1 Å². The minimum absolute atomic E-state index is 0.397. The van der Waals surface area contributed by atoms with Crippen LogP contribution in [0.1, 0.15) is 5.56 Å². The number of hydrogen-bond acceptors (Lipinski definition) is 3. The van der Waals surface area contributed by atoms with Crippen molar-refractivity contribution in [3.63, 3.8) is 0 Å². The van der Waals surface area contributed by atoms with Gasteiger partial charge in [-0.3, -0.25) is 4.98 Å². The molecule has 2 aromatic rings. The van der Waals surface area contributed by atoms with Gasteiger partial charge in [0, 0.05) is 5.56 Å². The lowest BCUT2D eigenvalue weighted by atomic mass is 10.1. The first-order chi connectivity index (χ1) is 7.70. The van der Waals surface area contributed by atoms with E-state index in [1.165, 1.54) is 6.20 Å². The van der Waals surface area contributed by atoms with Crippen molar-refractivity contribution in [2.75, 3.05) is 7.11 Å². The SMILES string of the molecule is COc1ccc(-c2cnc(Cl)cn2)cc1C. The fourth-order valence-electron chi connectivity index (χ4n) is 1.50. The summed E-state index contributed by atoms with van der Waals surface area (Å²) in [7, 11) is 1.66. The van der Waals surface area contributed by atoms with Crippen LogP contribution in [0.4, 0.5) is 0 Å². The molecule has 0 unspecified atom stereocenters. The Morgan fingerprint density at radius 2 is 2.00 bits per heavy atom. The summed E-state index contributed by atoms with van der Waals surface area (Å²) in [5.41, 5.74) is 2.87. The molecule has 1 aromatic heterocycles. The Bertz CT molecular complexity index is 497. The topological polar surface area (TPSA) is 35.0 Å². The summed E-state index contributed by atoms with van der Waals surface area (Å²) in [6, 6.07) is 5.88. The molecule has 1 aromatic carbocycles. The maximum atomic E-state index is 5.68. The number of aryl methyl sites for hydroxylation is 1. The highest BCUT2D eigenvalue weighted by Crippen LogP contribution is 2.24. The van der Waals surface area contributed by atoms with Crippen LogP contribution in [0.3, 0.4) is 0 Å². The Kier molecular flexibility index (Phi) is 3.06. The van der Waals surface area contributed by atoms with Crippen LogP contribution in [-0.4, -0.2) is 17.1 Å². The van der Waals surface area contributed by atoms with Gasteiger partial charge in [0.15, 0.2) is 0 Å². The van der Waals surface area contributed by atoms with Crippen molar-refractivity contribution < 1.29 is 4.74 Å². The molecule has 0 atom stereocenters. The minimum Gasteiger partial charge on any atom is -0.496 e. The molecule has 0 aliphatic rings. The second kappa shape index (κ2) is 4.49. The standard InChI is InChI=1S/C12H11ClN2O/c1-8-5-9(3-4-11(8)16-2)10-6-15-12(13)7-14-10/h3-7H,1-2H3. The summed E-state index contributed by atoms with van der Waals surface area (Å²) < 4.78 is 5.20. The van der Waals surface area contributed by atoms with E-state index in [4.69, 9.17) is 16.3 Å². The molecule has 0 aliphatic carbocycles. The number of rotatable bonds is 2. The first-order valence-electron chi connectivity index (χ1n) is 4.83. The Balaban J connectivity index is 2.41. The number of halogens is 1. The fourth-order valence-corrected chi connectivity index (χ4v) is 1.60. The highest BCUT2D eigenvalue weighted by Gasteiger charge is 2.03. The van der Waals surface area contributed by atoms with Crippen molar-refractivity contribution in [1.82, 2.24) is 9.97 Å². The Morgan fingerprint density at radius 1 is 1.19 bits per heavy atom. The number of ether oxygens (including phenoxy) is 1. The first-order valence-corrected chi connectivity index (χ1v) is 5.21. The van der Waals surface area contributed by atoms with Gasteiger partial charge in [0.1, 0.15) is 10.9 Å². The quantitative estimate of drug-likeness (QED) is 0.801. The molecule has 2 rings (SSSR count). The van der Waals surface area contributed by atoms with E-state index >= 15 is 0 Å². The van der Waals surface area contributed by atoms with Gasteiger partial charge in [0.25, 0.3) is 0 Å². The lowest BCUT2D eigenvalue weighted by molar-refractivity contribution is 0.412. The number of aromatic nitrogens is 2. The second-order valence-corrected chi connectivity index (χ2v) is 3.80. The summed E-state index contributed by atoms with van der Waals surface area (Å²) in [6.07, 6.45) is 3.19. The minimum atomic E-state index is 0.397. The van der Waals surface area contributed by atoms with Gasteiger partial charge in [0.05, 0.1) is 25.2 Å². The molecular formula is C12H11ClN2O. The summed E-state index contributed by atoms with van der Waals surface area (Å²) in [5, 5.41) is 0.397. The smallest absolute Gasteiger partial charge is 0.147 e. The van der Waals surface area contributed by atoms with Gasteiger partial charge in [-0.1, -0.05) is 11.6 Å². The third-order valence-electron chi connectivity index (χ3n) is 2.31. The third-order valence-corrected chi connectivity index (χ3v) is 2.51. The van der Waals surface area contributed by atoms with Gasteiger partial charge in [-0.15, -0.1) is 0 Å². The Hall–Kier alpha value is -1.61. The van der Waals surface area contributed by atoms with Gasteiger partial charge in [-0.05, 0) is 30.7 Å². The first kappa shape index (κ1) is 10.9. The number of methoxy groups -OCH3 is 1. The van der Waals surface area contributed by atoms with Crippen molar-refractivity contribution in [3.8, 4) is 17.0 Å². The number of hydrogen-bond donors (Lipinski definition) is 0. The summed E-state index contributed by atoms with van der Waals surface area (Å²) in [4.78, 5) is 8.21. The molecule has 0 amide bonds. The van der Waals surface area contributed by atoms with Crippen LogP contribution in [0.2, 0.25) is 5.15 Å². The largest absolute Gasteiger partial charge is 0.496 e. The van der Waals surface area contributed by atoms with Crippen LogP contribution in [-0.2, 0) is 0 Å².